The van der Waals surface area contributed by atoms with Crippen molar-refractivity contribution >= 4 is 11.6 Å². The van der Waals surface area contributed by atoms with Gasteiger partial charge in [-0.1, -0.05) is 37.3 Å². The van der Waals surface area contributed by atoms with Gasteiger partial charge in [-0.05, 0) is 13.0 Å². The van der Waals surface area contributed by atoms with Crippen LogP contribution in [0.15, 0.2) is 42.7 Å². The van der Waals surface area contributed by atoms with E-state index in [1.165, 1.54) is 0 Å². The molecule has 0 bridgehead atoms. The Hall–Kier alpha value is -2.27. The van der Waals surface area contributed by atoms with Crippen LogP contribution in [0.25, 0.3) is 11.4 Å². The quantitative estimate of drug-likeness (QED) is 0.789. The van der Waals surface area contributed by atoms with Gasteiger partial charge < -0.3 is 10.6 Å². The molecule has 0 radical (unpaired) electrons. The van der Waals surface area contributed by atoms with Crippen molar-refractivity contribution in [2.45, 2.75) is 13.3 Å². The van der Waals surface area contributed by atoms with Gasteiger partial charge in [0.15, 0.2) is 5.82 Å². The summed E-state index contributed by atoms with van der Waals surface area (Å²) in [4.78, 5) is 20.1. The average molecular weight is 270 g/mol. The summed E-state index contributed by atoms with van der Waals surface area (Å²) in [6, 6.07) is 9.72. The lowest BCUT2D eigenvalue weighted by Gasteiger charge is -2.06. The summed E-state index contributed by atoms with van der Waals surface area (Å²) in [7, 11) is 0. The number of carbonyl (C=O) groups is 1. The third-order valence-corrected chi connectivity index (χ3v) is 2.68. The fraction of sp³-hybridized carbons (Fsp3) is 0.267. The number of hydrogen-bond donors (Lipinski definition) is 2. The number of nitrogens with zero attached hydrogens (tertiary/aromatic N) is 2. The minimum atomic E-state index is -0.0884. The molecule has 2 rings (SSSR count). The van der Waals surface area contributed by atoms with Gasteiger partial charge in [0.2, 0.25) is 5.91 Å². The molecule has 0 atom stereocenters. The molecule has 1 aromatic carbocycles. The zero-order valence-electron chi connectivity index (χ0n) is 11.5. The smallest absolute Gasteiger partial charge is 0.238 e. The van der Waals surface area contributed by atoms with E-state index in [4.69, 9.17) is 0 Å². The van der Waals surface area contributed by atoms with Crippen molar-refractivity contribution in [2.24, 2.45) is 0 Å². The second-order valence-corrected chi connectivity index (χ2v) is 4.39. The molecule has 1 amide bonds. The number of carbonyl (C=O) groups excluding carboxylic acids is 1. The van der Waals surface area contributed by atoms with E-state index in [0.29, 0.717) is 18.1 Å². The molecule has 0 fully saturated rings. The van der Waals surface area contributed by atoms with Crippen molar-refractivity contribution in [3.05, 3.63) is 42.7 Å². The van der Waals surface area contributed by atoms with E-state index in [-0.39, 0.29) is 5.91 Å². The van der Waals surface area contributed by atoms with Gasteiger partial charge in [-0.3, -0.25) is 4.79 Å². The van der Waals surface area contributed by atoms with E-state index < -0.39 is 0 Å². The molecule has 5 nitrogen and oxygen atoms in total. The zero-order valence-corrected chi connectivity index (χ0v) is 11.5. The molecule has 0 saturated carbocycles. The highest BCUT2D eigenvalue weighted by Crippen LogP contribution is 2.14. The molecule has 1 aromatic heterocycles. The van der Waals surface area contributed by atoms with Crippen LogP contribution < -0.4 is 10.6 Å². The summed E-state index contributed by atoms with van der Waals surface area (Å²) in [6.45, 7) is 3.19. The van der Waals surface area contributed by atoms with E-state index in [9.17, 15) is 4.79 Å². The van der Waals surface area contributed by atoms with Crippen LogP contribution in [0.5, 0.6) is 0 Å². The largest absolute Gasteiger partial charge is 0.322 e. The molecule has 104 valence electrons. The van der Waals surface area contributed by atoms with Crippen LogP contribution >= 0.6 is 0 Å². The third kappa shape index (κ3) is 4.13. The molecule has 5 heteroatoms. The van der Waals surface area contributed by atoms with E-state index in [1.54, 1.807) is 12.4 Å². The molecular formula is C15H18N4O. The molecule has 0 aliphatic rings. The van der Waals surface area contributed by atoms with Crippen molar-refractivity contribution in [1.82, 2.24) is 15.3 Å². The topological polar surface area (TPSA) is 66.9 Å². The van der Waals surface area contributed by atoms with Crippen LogP contribution in [-0.4, -0.2) is 29.0 Å². The third-order valence-electron chi connectivity index (χ3n) is 2.68. The number of aromatic nitrogens is 2. The van der Waals surface area contributed by atoms with Crippen LogP contribution in [0.2, 0.25) is 0 Å². The van der Waals surface area contributed by atoms with Crippen molar-refractivity contribution < 1.29 is 4.79 Å². The summed E-state index contributed by atoms with van der Waals surface area (Å²) in [6.07, 6.45) is 4.24. The van der Waals surface area contributed by atoms with Gasteiger partial charge in [0.05, 0.1) is 24.6 Å². The Balaban J connectivity index is 1.93. The van der Waals surface area contributed by atoms with E-state index in [2.05, 4.69) is 27.5 Å². The maximum atomic E-state index is 11.6. The Morgan fingerprint density at radius 2 is 1.85 bits per heavy atom. The first-order valence-electron chi connectivity index (χ1n) is 6.67. The van der Waals surface area contributed by atoms with Crippen LogP contribution in [0, 0.1) is 0 Å². The van der Waals surface area contributed by atoms with E-state index in [0.717, 1.165) is 18.5 Å². The normalized spacial score (nSPS) is 10.2. The minimum absolute atomic E-state index is 0.0884. The van der Waals surface area contributed by atoms with Gasteiger partial charge in [-0.15, -0.1) is 0 Å². The van der Waals surface area contributed by atoms with Crippen LogP contribution in [0.3, 0.4) is 0 Å². The summed E-state index contributed by atoms with van der Waals surface area (Å²) in [5.41, 5.74) is 1.56. The molecule has 1 heterocycles. The highest BCUT2D eigenvalue weighted by molar-refractivity contribution is 5.91. The molecular weight excluding hydrogens is 252 g/mol. The standard InChI is InChI=1S/C15H18N4O/c1-2-8-16-11-14(20)19-13-9-17-15(18-10-13)12-6-4-3-5-7-12/h3-7,9-10,16H,2,8,11H2,1H3,(H,19,20). The summed E-state index contributed by atoms with van der Waals surface area (Å²) >= 11 is 0. The molecule has 0 aliphatic carbocycles. The Morgan fingerprint density at radius 3 is 2.50 bits per heavy atom. The second-order valence-electron chi connectivity index (χ2n) is 4.39. The van der Waals surface area contributed by atoms with Crippen LogP contribution in [-0.2, 0) is 4.79 Å². The highest BCUT2D eigenvalue weighted by atomic mass is 16.1. The lowest BCUT2D eigenvalue weighted by molar-refractivity contribution is -0.115. The molecule has 0 aliphatic heterocycles. The predicted octanol–water partition coefficient (Wildman–Crippen LogP) is 2.08. The predicted molar refractivity (Wildman–Crippen MR) is 79.3 cm³/mol. The molecule has 0 unspecified atom stereocenters. The minimum Gasteiger partial charge on any atom is -0.322 e. The van der Waals surface area contributed by atoms with Gasteiger partial charge in [0.1, 0.15) is 0 Å². The number of hydrogen-bond acceptors (Lipinski definition) is 4. The zero-order chi connectivity index (χ0) is 14.2. The number of amides is 1. The van der Waals surface area contributed by atoms with Gasteiger partial charge in [-0.25, -0.2) is 9.97 Å². The highest BCUT2D eigenvalue weighted by Gasteiger charge is 2.04. The van der Waals surface area contributed by atoms with Crippen LogP contribution in [0.4, 0.5) is 5.69 Å². The molecule has 0 saturated heterocycles. The Labute approximate surface area is 118 Å². The first-order valence-corrected chi connectivity index (χ1v) is 6.67. The fourth-order valence-corrected chi connectivity index (χ4v) is 1.71. The lowest BCUT2D eigenvalue weighted by atomic mass is 10.2. The molecule has 2 N–H and O–H groups in total. The molecule has 20 heavy (non-hydrogen) atoms. The van der Waals surface area contributed by atoms with Crippen molar-refractivity contribution in [3.63, 3.8) is 0 Å². The Kier molecular flexibility index (Phi) is 5.20. The number of anilines is 1. The number of rotatable bonds is 6. The van der Waals surface area contributed by atoms with Gasteiger partial charge >= 0.3 is 0 Å². The number of nitrogens with one attached hydrogen (secondary N) is 2. The molecule has 2 aromatic rings. The Morgan fingerprint density at radius 1 is 1.15 bits per heavy atom. The summed E-state index contributed by atoms with van der Waals surface area (Å²) < 4.78 is 0. The van der Waals surface area contributed by atoms with Crippen LogP contribution in [0.1, 0.15) is 13.3 Å². The first kappa shape index (κ1) is 14.1. The maximum absolute atomic E-state index is 11.6. The van der Waals surface area contributed by atoms with Gasteiger partial charge in [0, 0.05) is 5.56 Å². The van der Waals surface area contributed by atoms with E-state index >= 15 is 0 Å². The SMILES string of the molecule is CCCNCC(=O)Nc1cnc(-c2ccccc2)nc1. The van der Waals surface area contributed by atoms with E-state index in [1.807, 2.05) is 30.3 Å². The lowest BCUT2D eigenvalue weighted by Crippen LogP contribution is -2.28. The second kappa shape index (κ2) is 7.35. The summed E-state index contributed by atoms with van der Waals surface area (Å²) in [5, 5.41) is 5.79. The maximum Gasteiger partial charge on any atom is 0.238 e. The van der Waals surface area contributed by atoms with Gasteiger partial charge in [0.25, 0.3) is 0 Å². The average Bonchev–Trinajstić information content (AvgIpc) is 2.49. The Bertz CT molecular complexity index is 540. The monoisotopic (exact) mass is 270 g/mol. The van der Waals surface area contributed by atoms with Crippen molar-refractivity contribution in [2.75, 3.05) is 18.4 Å². The van der Waals surface area contributed by atoms with Gasteiger partial charge in [-0.2, -0.15) is 0 Å². The number of benzene rings is 1. The first-order chi connectivity index (χ1) is 9.79. The fourth-order valence-electron chi connectivity index (χ4n) is 1.71. The molecule has 0 spiro atoms. The van der Waals surface area contributed by atoms with Crippen molar-refractivity contribution in [3.8, 4) is 11.4 Å². The van der Waals surface area contributed by atoms with Crippen molar-refractivity contribution in [1.29, 1.82) is 0 Å². The summed E-state index contributed by atoms with van der Waals surface area (Å²) in [5.74, 6) is 0.558.